The number of ether oxygens (including phenoxy) is 1. The number of amides is 1. The quantitative estimate of drug-likeness (QED) is 0.290. The van der Waals surface area contributed by atoms with Crippen LogP contribution in [0.1, 0.15) is 31.9 Å². The van der Waals surface area contributed by atoms with Crippen LogP contribution in [-0.4, -0.2) is 24.9 Å². The number of hydrogen-bond acceptors (Lipinski definition) is 4. The van der Waals surface area contributed by atoms with E-state index in [0.29, 0.717) is 5.69 Å². The summed E-state index contributed by atoms with van der Waals surface area (Å²) in [5.41, 5.74) is 0.375. The number of anilines is 2. The second-order valence-electron chi connectivity index (χ2n) is 10.5. The molecule has 0 saturated carbocycles. The Morgan fingerprint density at radius 2 is 1.69 bits per heavy atom. The maximum atomic E-state index is 14.4. The van der Waals surface area contributed by atoms with Crippen LogP contribution in [0.2, 0.25) is 0 Å². The van der Waals surface area contributed by atoms with Crippen LogP contribution in [0.5, 0.6) is 5.75 Å². The highest BCUT2D eigenvalue weighted by molar-refractivity contribution is 6.05. The molecule has 39 heavy (non-hydrogen) atoms. The summed E-state index contributed by atoms with van der Waals surface area (Å²) in [5.74, 6) is -0.123. The van der Waals surface area contributed by atoms with Crippen molar-refractivity contribution < 1.29 is 22.7 Å². The summed E-state index contributed by atoms with van der Waals surface area (Å²) in [4.78, 5) is 18.6. The molecule has 0 radical (unpaired) electrons. The van der Waals surface area contributed by atoms with Crippen molar-refractivity contribution in [2.45, 2.75) is 38.1 Å². The predicted molar refractivity (Wildman–Crippen MR) is 148 cm³/mol. The molecular weight excluding hydrogens is 503 g/mol. The summed E-state index contributed by atoms with van der Waals surface area (Å²) in [5, 5.41) is 4.10. The first-order valence-electron chi connectivity index (χ1n) is 12.6. The molecule has 6 rings (SSSR count). The van der Waals surface area contributed by atoms with Crippen molar-refractivity contribution in [1.82, 2.24) is 0 Å². The van der Waals surface area contributed by atoms with Gasteiger partial charge in [-0.05, 0) is 60.7 Å². The highest BCUT2D eigenvalue weighted by Gasteiger charge is 2.59. The van der Waals surface area contributed by atoms with Gasteiger partial charge in [-0.25, -0.2) is 0 Å². The van der Waals surface area contributed by atoms with Gasteiger partial charge in [0.15, 0.2) is 5.75 Å². The number of para-hydroxylation sites is 1. The van der Waals surface area contributed by atoms with Gasteiger partial charge in [0, 0.05) is 36.3 Å². The fraction of sp³-hybridized carbons (Fsp3) is 0.226. The smallest absolute Gasteiger partial charge is 0.417 e. The molecule has 0 bridgehead atoms. The number of fused-ring (bicyclic) bond motifs is 4. The third kappa shape index (κ3) is 3.61. The van der Waals surface area contributed by atoms with E-state index in [9.17, 15) is 18.0 Å². The van der Waals surface area contributed by atoms with Crippen LogP contribution < -0.4 is 15.0 Å². The van der Waals surface area contributed by atoms with Gasteiger partial charge in [-0.3, -0.25) is 9.79 Å². The Morgan fingerprint density at radius 1 is 0.974 bits per heavy atom. The Labute approximate surface area is 223 Å². The van der Waals surface area contributed by atoms with Gasteiger partial charge >= 0.3 is 6.18 Å². The van der Waals surface area contributed by atoms with E-state index in [0.717, 1.165) is 28.1 Å². The lowest BCUT2D eigenvalue weighted by Crippen LogP contribution is -2.61. The van der Waals surface area contributed by atoms with Gasteiger partial charge in [0.25, 0.3) is 0 Å². The molecule has 1 unspecified atom stereocenters. The molecule has 1 N–H and O–H groups in total. The van der Waals surface area contributed by atoms with Gasteiger partial charge in [0.2, 0.25) is 11.6 Å². The molecule has 1 atom stereocenters. The van der Waals surface area contributed by atoms with Gasteiger partial charge < -0.3 is 15.0 Å². The first-order chi connectivity index (χ1) is 18.4. The normalized spacial score (nSPS) is 19.1. The van der Waals surface area contributed by atoms with Crippen LogP contribution in [0.25, 0.3) is 21.9 Å². The lowest BCUT2D eigenvalue weighted by atomic mass is 9.77. The van der Waals surface area contributed by atoms with Gasteiger partial charge in [-0.2, -0.15) is 13.2 Å². The topological polar surface area (TPSA) is 53.9 Å². The minimum atomic E-state index is -4.64. The van der Waals surface area contributed by atoms with E-state index in [4.69, 9.17) is 9.73 Å². The number of carbonyl (C=O) groups excluding carboxylic acids is 1. The van der Waals surface area contributed by atoms with Crippen molar-refractivity contribution in [2.75, 3.05) is 17.3 Å². The van der Waals surface area contributed by atoms with E-state index in [1.54, 1.807) is 12.3 Å². The number of likely N-dealkylation sites (N-methyl/N-ethyl adjacent to an activating group) is 1. The maximum absolute atomic E-state index is 14.4. The Morgan fingerprint density at radius 3 is 2.41 bits per heavy atom. The molecule has 8 heteroatoms. The summed E-state index contributed by atoms with van der Waals surface area (Å²) in [6.07, 6.45) is -2.87. The number of nitrogens with zero attached hydrogens (tertiary/aromatic N) is 2. The number of halogens is 3. The Bertz CT molecular complexity index is 1690. The molecule has 0 saturated heterocycles. The minimum Gasteiger partial charge on any atom is -0.459 e. The van der Waals surface area contributed by atoms with Crippen molar-refractivity contribution in [3.05, 3.63) is 83.9 Å². The maximum Gasteiger partial charge on any atom is 0.417 e. The minimum absolute atomic E-state index is 0.0982. The van der Waals surface area contributed by atoms with Gasteiger partial charge in [-0.15, -0.1) is 0 Å². The van der Waals surface area contributed by atoms with Gasteiger partial charge in [-0.1, -0.05) is 42.5 Å². The standard InChI is InChI=1S/C31H26F3N3O2/c1-18(38)36-20-13-14-24(31(32,33)34)22(16-20)23-15-19-9-5-6-10-21(19)27-28(23)39-30(17-35-27)29(2,3)25-11-7-8-12-26(25)37(30)4/h5-17H,1-4H3,(H,36,38). The molecule has 2 aliphatic heterocycles. The highest BCUT2D eigenvalue weighted by atomic mass is 19.4. The van der Waals surface area contributed by atoms with E-state index in [-0.39, 0.29) is 28.5 Å². The molecule has 0 aromatic heterocycles. The number of aliphatic imine (C=N–C) groups is 1. The number of benzene rings is 4. The van der Waals surface area contributed by atoms with Crippen LogP contribution in [0, 0.1) is 0 Å². The average Bonchev–Trinajstić information content (AvgIpc) is 3.05. The van der Waals surface area contributed by atoms with Crippen molar-refractivity contribution >= 4 is 40.0 Å². The summed E-state index contributed by atoms with van der Waals surface area (Å²) < 4.78 is 50.0. The molecular formula is C31H26F3N3O2. The first kappa shape index (κ1) is 25.0. The molecule has 198 valence electrons. The zero-order valence-electron chi connectivity index (χ0n) is 21.9. The summed E-state index contributed by atoms with van der Waals surface area (Å²) in [7, 11) is 1.91. The van der Waals surface area contributed by atoms with E-state index in [1.807, 2.05) is 74.3 Å². The zero-order chi connectivity index (χ0) is 27.7. The number of nitrogens with one attached hydrogen (secondary N) is 1. The number of rotatable bonds is 2. The lowest BCUT2D eigenvalue weighted by molar-refractivity contribution is -0.137. The van der Waals surface area contributed by atoms with E-state index in [2.05, 4.69) is 5.32 Å². The molecule has 2 heterocycles. The Balaban J connectivity index is 1.65. The molecule has 4 aromatic rings. The molecule has 0 aliphatic carbocycles. The van der Waals surface area contributed by atoms with Crippen LogP contribution in [0.3, 0.4) is 0 Å². The lowest BCUT2D eigenvalue weighted by Gasteiger charge is -2.45. The second kappa shape index (κ2) is 8.33. The van der Waals surface area contributed by atoms with E-state index in [1.165, 1.54) is 19.1 Å². The first-order valence-corrected chi connectivity index (χ1v) is 12.6. The average molecular weight is 530 g/mol. The molecule has 2 aliphatic rings. The fourth-order valence-electron chi connectivity index (χ4n) is 5.90. The SMILES string of the molecule is CC(=O)Nc1ccc(C(F)(F)F)c(-c2cc3ccccc3c3c2OC2(C=N3)N(C)c3ccccc3C2(C)C)c1. The molecule has 0 fully saturated rings. The number of carbonyl (C=O) groups is 1. The Kier molecular flexibility index (Phi) is 5.34. The zero-order valence-corrected chi connectivity index (χ0v) is 21.9. The summed E-state index contributed by atoms with van der Waals surface area (Å²) in [6.45, 7) is 5.41. The summed E-state index contributed by atoms with van der Waals surface area (Å²) in [6, 6.07) is 20.7. The van der Waals surface area contributed by atoms with Crippen LogP contribution in [0.4, 0.5) is 30.2 Å². The largest absolute Gasteiger partial charge is 0.459 e. The second-order valence-corrected chi connectivity index (χ2v) is 10.5. The van der Waals surface area contributed by atoms with Crippen LogP contribution in [-0.2, 0) is 16.4 Å². The van der Waals surface area contributed by atoms with Crippen molar-refractivity contribution in [1.29, 1.82) is 0 Å². The molecule has 5 nitrogen and oxygen atoms in total. The van der Waals surface area contributed by atoms with Crippen LogP contribution >= 0.6 is 0 Å². The highest BCUT2D eigenvalue weighted by Crippen LogP contribution is 2.57. The molecule has 1 amide bonds. The van der Waals surface area contributed by atoms with Gasteiger partial charge in [0.05, 0.1) is 17.2 Å². The van der Waals surface area contributed by atoms with Crippen molar-refractivity contribution in [3.63, 3.8) is 0 Å². The van der Waals surface area contributed by atoms with Crippen molar-refractivity contribution in [3.8, 4) is 16.9 Å². The van der Waals surface area contributed by atoms with Crippen LogP contribution in [0.15, 0.2) is 77.8 Å². The fourth-order valence-corrected chi connectivity index (χ4v) is 5.90. The monoisotopic (exact) mass is 529 g/mol. The number of hydrogen-bond donors (Lipinski definition) is 1. The third-order valence-corrected chi connectivity index (χ3v) is 7.87. The summed E-state index contributed by atoms with van der Waals surface area (Å²) >= 11 is 0. The third-order valence-electron chi connectivity index (χ3n) is 7.87. The van der Waals surface area contributed by atoms with E-state index < -0.39 is 22.9 Å². The molecule has 1 spiro atoms. The predicted octanol–water partition coefficient (Wildman–Crippen LogP) is 7.70. The Hall–Kier alpha value is -4.33. The number of alkyl halides is 3. The molecule has 4 aromatic carbocycles. The van der Waals surface area contributed by atoms with Gasteiger partial charge in [0.1, 0.15) is 5.69 Å². The van der Waals surface area contributed by atoms with E-state index >= 15 is 0 Å². The van der Waals surface area contributed by atoms with Crippen molar-refractivity contribution in [2.24, 2.45) is 4.99 Å².